The van der Waals surface area contributed by atoms with Gasteiger partial charge in [0.25, 0.3) is 0 Å². The molecule has 154 valence electrons. The summed E-state index contributed by atoms with van der Waals surface area (Å²) in [5.74, 6) is 0.602. The first-order valence-corrected chi connectivity index (χ1v) is 9.95. The summed E-state index contributed by atoms with van der Waals surface area (Å²) in [6, 6.07) is 18.7. The zero-order valence-corrected chi connectivity index (χ0v) is 17.4. The molecule has 7 heteroatoms. The van der Waals surface area contributed by atoms with Gasteiger partial charge in [-0.2, -0.15) is 0 Å². The quantitative estimate of drug-likeness (QED) is 0.424. The van der Waals surface area contributed by atoms with Crippen molar-refractivity contribution in [2.24, 2.45) is 4.99 Å². The summed E-state index contributed by atoms with van der Waals surface area (Å²) in [5.41, 5.74) is 4.91. The molecular weight excluding hydrogens is 395 g/mol. The molecule has 0 amide bonds. The van der Waals surface area contributed by atoms with Gasteiger partial charge in [-0.15, -0.1) is 0 Å². The molecule has 1 aromatic heterocycles. The average Bonchev–Trinajstić information content (AvgIpc) is 3.29. The second kappa shape index (κ2) is 7.27. The van der Waals surface area contributed by atoms with Gasteiger partial charge in [0.2, 0.25) is 0 Å². The monoisotopic (exact) mass is 415 g/mol. The first-order valence-electron chi connectivity index (χ1n) is 9.95. The molecule has 4 nitrogen and oxygen atoms in total. The Morgan fingerprint density at radius 3 is 2.35 bits per heavy atom. The molecule has 0 unspecified atom stereocenters. The predicted molar refractivity (Wildman–Crippen MR) is 123 cm³/mol. The van der Waals surface area contributed by atoms with Gasteiger partial charge in [-0.3, -0.25) is 8.63 Å². The molecule has 0 fully saturated rings. The van der Waals surface area contributed by atoms with Crippen LogP contribution in [-0.4, -0.2) is 43.7 Å². The fourth-order valence-corrected chi connectivity index (χ4v) is 4.31. The smallest absolute Gasteiger partial charge is 0.497 e. The maximum atomic E-state index is 14.3. The van der Waals surface area contributed by atoms with Gasteiger partial charge in [0.1, 0.15) is 5.75 Å². The second-order valence-corrected chi connectivity index (χ2v) is 7.72. The first-order chi connectivity index (χ1) is 15.0. The Morgan fingerprint density at radius 1 is 0.935 bits per heavy atom. The van der Waals surface area contributed by atoms with Crippen LogP contribution in [0.15, 0.2) is 71.9 Å². The van der Waals surface area contributed by atoms with Crippen LogP contribution in [0.1, 0.15) is 16.7 Å². The minimum atomic E-state index is -2.69. The first kappa shape index (κ1) is 19.4. The zero-order valence-electron chi connectivity index (χ0n) is 17.4. The number of benzene rings is 3. The highest BCUT2D eigenvalue weighted by molar-refractivity contribution is 6.46. The molecule has 1 aliphatic heterocycles. The van der Waals surface area contributed by atoms with E-state index in [1.54, 1.807) is 25.3 Å². The molecule has 2 heterocycles. The van der Waals surface area contributed by atoms with Gasteiger partial charge in [0, 0.05) is 53.3 Å². The van der Waals surface area contributed by atoms with Crippen molar-refractivity contribution < 1.29 is 13.4 Å². The number of hydrogen-bond donors (Lipinski definition) is 0. The van der Waals surface area contributed by atoms with Crippen LogP contribution in [0.2, 0.25) is 0 Å². The van der Waals surface area contributed by atoms with E-state index in [2.05, 4.69) is 0 Å². The molecule has 0 aliphatic carbocycles. The Morgan fingerprint density at radius 2 is 1.65 bits per heavy atom. The molecular formula is C24H20BF2N3O. The Labute approximate surface area is 179 Å². The molecule has 4 aromatic rings. The summed E-state index contributed by atoms with van der Waals surface area (Å²) in [5, 5.41) is 1.48. The van der Waals surface area contributed by atoms with Crippen LogP contribution >= 0.6 is 0 Å². The van der Waals surface area contributed by atoms with Gasteiger partial charge in [0.15, 0.2) is 0 Å². The number of methoxy groups -OCH3 is 1. The van der Waals surface area contributed by atoms with Crippen LogP contribution in [0.3, 0.4) is 0 Å². The van der Waals surface area contributed by atoms with Crippen molar-refractivity contribution >= 4 is 40.6 Å². The van der Waals surface area contributed by atoms with Crippen molar-refractivity contribution in [3.63, 3.8) is 0 Å². The van der Waals surface area contributed by atoms with Gasteiger partial charge in [-0.05, 0) is 18.2 Å². The SMILES string of the molecule is COc1cc(C2=N/C(=C/N(C)C)c3ccccc32)c2c(c1)c1ccccc1n2B(F)F. The third-order valence-electron chi connectivity index (χ3n) is 5.53. The molecule has 31 heavy (non-hydrogen) atoms. The lowest BCUT2D eigenvalue weighted by atomic mass is 9.96. The highest BCUT2D eigenvalue weighted by Gasteiger charge is 2.30. The summed E-state index contributed by atoms with van der Waals surface area (Å²) >= 11 is 0. The fraction of sp³-hybridized carbons (Fsp3) is 0.125. The number of ether oxygens (including phenoxy) is 1. The summed E-state index contributed by atoms with van der Waals surface area (Å²) in [4.78, 5) is 6.81. The molecule has 5 rings (SSSR count). The Hall–Kier alpha value is -3.61. The maximum Gasteiger partial charge on any atom is 0.678 e. The number of fused-ring (bicyclic) bond motifs is 4. The maximum absolute atomic E-state index is 14.3. The summed E-state index contributed by atoms with van der Waals surface area (Å²) in [6.45, 7) is 0. The standard InChI is InChI=1S/C24H20BF2N3O/c1-29(2)14-21-16-8-4-5-10-18(16)23(28-21)20-13-15(31-3)12-19-17-9-6-7-11-22(17)30(24(19)20)25(26)27/h4-14H,1-3H3/b21-14+. The largest absolute Gasteiger partial charge is 0.678 e. The van der Waals surface area contributed by atoms with E-state index in [4.69, 9.17) is 9.73 Å². The number of nitrogens with zero attached hydrogens (tertiary/aromatic N) is 3. The van der Waals surface area contributed by atoms with Crippen molar-refractivity contribution in [3.8, 4) is 5.75 Å². The molecule has 0 N–H and O–H groups in total. The third kappa shape index (κ3) is 3.00. The Balaban J connectivity index is 1.91. The van der Waals surface area contributed by atoms with Crippen LogP contribution in [0, 0.1) is 0 Å². The summed E-state index contributed by atoms with van der Waals surface area (Å²) in [7, 11) is 2.76. The van der Waals surface area contributed by atoms with E-state index >= 15 is 0 Å². The lowest BCUT2D eigenvalue weighted by Crippen LogP contribution is -2.15. The van der Waals surface area contributed by atoms with Crippen molar-refractivity contribution in [1.82, 2.24) is 9.38 Å². The highest BCUT2D eigenvalue weighted by Crippen LogP contribution is 2.39. The van der Waals surface area contributed by atoms with Crippen molar-refractivity contribution in [3.05, 3.63) is 83.6 Å². The highest BCUT2D eigenvalue weighted by atomic mass is 19.2. The lowest BCUT2D eigenvalue weighted by molar-refractivity contribution is 0.415. The van der Waals surface area contributed by atoms with Crippen molar-refractivity contribution in [1.29, 1.82) is 0 Å². The number of para-hydroxylation sites is 1. The van der Waals surface area contributed by atoms with E-state index in [-0.39, 0.29) is 0 Å². The molecule has 0 bridgehead atoms. The van der Waals surface area contributed by atoms with E-state index in [0.717, 1.165) is 32.1 Å². The van der Waals surface area contributed by atoms with Gasteiger partial charge < -0.3 is 14.1 Å². The number of aliphatic imine (C=N–C) groups is 1. The van der Waals surface area contributed by atoms with Crippen LogP contribution in [-0.2, 0) is 0 Å². The molecule has 0 radical (unpaired) electrons. The molecule has 0 saturated heterocycles. The van der Waals surface area contributed by atoms with E-state index in [1.807, 2.05) is 67.7 Å². The minimum absolute atomic E-state index is 0.455. The van der Waals surface area contributed by atoms with E-state index in [0.29, 0.717) is 28.1 Å². The van der Waals surface area contributed by atoms with Gasteiger partial charge in [-0.1, -0.05) is 42.5 Å². The van der Waals surface area contributed by atoms with Crippen LogP contribution < -0.4 is 4.74 Å². The van der Waals surface area contributed by atoms with Crippen LogP contribution in [0.4, 0.5) is 8.63 Å². The normalized spacial score (nSPS) is 14.2. The molecule has 0 atom stereocenters. The second-order valence-electron chi connectivity index (χ2n) is 7.72. The van der Waals surface area contributed by atoms with E-state index in [9.17, 15) is 8.63 Å². The molecule has 0 saturated carbocycles. The van der Waals surface area contributed by atoms with Crippen molar-refractivity contribution in [2.45, 2.75) is 0 Å². The topological polar surface area (TPSA) is 29.8 Å². The number of rotatable bonds is 4. The molecule has 1 aliphatic rings. The lowest BCUT2D eigenvalue weighted by Gasteiger charge is -2.11. The van der Waals surface area contributed by atoms with Gasteiger partial charge >= 0.3 is 7.40 Å². The Kier molecular flexibility index (Phi) is 4.54. The van der Waals surface area contributed by atoms with Crippen LogP contribution in [0.5, 0.6) is 5.75 Å². The van der Waals surface area contributed by atoms with E-state index in [1.165, 1.54) is 0 Å². The zero-order chi connectivity index (χ0) is 21.7. The Bertz CT molecular complexity index is 1390. The third-order valence-corrected chi connectivity index (χ3v) is 5.53. The van der Waals surface area contributed by atoms with Gasteiger partial charge in [0.05, 0.1) is 24.0 Å². The van der Waals surface area contributed by atoms with Gasteiger partial charge in [-0.25, -0.2) is 4.99 Å². The van der Waals surface area contributed by atoms with Crippen LogP contribution in [0.25, 0.3) is 27.5 Å². The number of halogens is 2. The van der Waals surface area contributed by atoms with Crippen molar-refractivity contribution in [2.75, 3.05) is 21.2 Å². The molecule has 0 spiro atoms. The average molecular weight is 415 g/mol. The summed E-state index contributed by atoms with van der Waals surface area (Å²) in [6.07, 6.45) is 1.94. The number of aromatic nitrogens is 1. The van der Waals surface area contributed by atoms with E-state index < -0.39 is 7.40 Å². The predicted octanol–water partition coefficient (Wildman–Crippen LogP) is 5.29. The minimum Gasteiger partial charge on any atom is -0.497 e. The fourth-order valence-electron chi connectivity index (χ4n) is 4.31. The summed E-state index contributed by atoms with van der Waals surface area (Å²) < 4.78 is 35.3. The molecule has 3 aromatic carbocycles. The number of hydrogen-bond acceptors (Lipinski definition) is 3.